The second kappa shape index (κ2) is 3.78. The predicted molar refractivity (Wildman–Crippen MR) is 65.0 cm³/mol. The van der Waals surface area contributed by atoms with Crippen LogP contribution in [0.5, 0.6) is 0 Å². The van der Waals surface area contributed by atoms with Crippen molar-refractivity contribution in [1.82, 2.24) is 0 Å². The molecule has 0 aromatic carbocycles. The van der Waals surface area contributed by atoms with Crippen molar-refractivity contribution in [1.29, 1.82) is 0 Å². The Hall–Kier alpha value is -0.470. The van der Waals surface area contributed by atoms with E-state index in [0.29, 0.717) is 16.3 Å². The van der Waals surface area contributed by atoms with Gasteiger partial charge >= 0.3 is 0 Å². The van der Waals surface area contributed by atoms with Gasteiger partial charge in [0.25, 0.3) is 0 Å². The van der Waals surface area contributed by atoms with Crippen LogP contribution in [0, 0.1) is 11.8 Å². The summed E-state index contributed by atoms with van der Waals surface area (Å²) < 4.78 is 0.430. The van der Waals surface area contributed by atoms with Gasteiger partial charge in [-0.1, -0.05) is 33.9 Å². The van der Waals surface area contributed by atoms with E-state index in [-0.39, 0.29) is 0 Å². The molecule has 4 heteroatoms. The van der Waals surface area contributed by atoms with E-state index in [1.165, 1.54) is 16.7 Å². The quantitative estimate of drug-likeness (QED) is 0.516. The van der Waals surface area contributed by atoms with Crippen LogP contribution in [0.4, 0.5) is 0 Å². The van der Waals surface area contributed by atoms with E-state index in [1.54, 1.807) is 0 Å². The minimum atomic E-state index is 0.330. The summed E-state index contributed by atoms with van der Waals surface area (Å²) in [5.41, 5.74) is 4.72. The number of oxime groups is 1. The van der Waals surface area contributed by atoms with Gasteiger partial charge in [-0.15, -0.1) is 0 Å². The largest absolute Gasteiger partial charge is 0.411 e. The Bertz CT molecular complexity index is 432. The standard InChI is InChI=1S/C12H13Cl2NO/c13-12(14)11-7-4-5-8(11)10-6(7)2-1-3-9(10)15-16/h7-8,16H,1-5H2/b15-9+/t7-,8+/m0/s1. The summed E-state index contributed by atoms with van der Waals surface area (Å²) in [6, 6.07) is 0. The summed E-state index contributed by atoms with van der Waals surface area (Å²) >= 11 is 12.0. The Kier molecular flexibility index (Phi) is 2.52. The third-order valence-electron chi connectivity index (χ3n) is 4.12. The highest BCUT2D eigenvalue weighted by Crippen LogP contribution is 2.57. The summed E-state index contributed by atoms with van der Waals surface area (Å²) in [7, 11) is 0. The molecule has 1 N–H and O–H groups in total. The Morgan fingerprint density at radius 3 is 2.62 bits per heavy atom. The zero-order valence-electron chi connectivity index (χ0n) is 8.84. The molecule has 0 spiro atoms. The van der Waals surface area contributed by atoms with Gasteiger partial charge < -0.3 is 5.21 Å². The number of rotatable bonds is 0. The van der Waals surface area contributed by atoms with Crippen LogP contribution in [-0.2, 0) is 0 Å². The average molecular weight is 258 g/mol. The highest BCUT2D eigenvalue weighted by Gasteiger charge is 2.46. The van der Waals surface area contributed by atoms with E-state index < -0.39 is 0 Å². The van der Waals surface area contributed by atoms with Gasteiger partial charge in [0.1, 0.15) is 4.49 Å². The maximum absolute atomic E-state index is 9.06. The highest BCUT2D eigenvalue weighted by molar-refractivity contribution is 6.56. The van der Waals surface area contributed by atoms with Crippen LogP contribution in [0.3, 0.4) is 0 Å². The SMILES string of the molecule is O/N=C1\CCCC2=C1[C@H]1CC[C@@H]2C1=C(Cl)Cl. The second-order valence-electron chi connectivity index (χ2n) is 4.74. The number of halogens is 2. The van der Waals surface area contributed by atoms with Crippen LogP contribution < -0.4 is 0 Å². The van der Waals surface area contributed by atoms with Gasteiger partial charge in [0, 0.05) is 11.8 Å². The van der Waals surface area contributed by atoms with Crippen LogP contribution in [0.15, 0.2) is 26.4 Å². The Morgan fingerprint density at radius 1 is 1.19 bits per heavy atom. The van der Waals surface area contributed by atoms with Crippen molar-refractivity contribution in [3.8, 4) is 0 Å². The molecular formula is C12H13Cl2NO. The van der Waals surface area contributed by atoms with E-state index in [0.717, 1.165) is 37.8 Å². The molecule has 3 rings (SSSR count). The summed E-state index contributed by atoms with van der Waals surface area (Å²) in [6.07, 6.45) is 5.32. The van der Waals surface area contributed by atoms with E-state index in [2.05, 4.69) is 5.16 Å². The zero-order valence-corrected chi connectivity index (χ0v) is 10.4. The summed E-state index contributed by atoms with van der Waals surface area (Å²) in [4.78, 5) is 0. The molecule has 86 valence electrons. The summed E-state index contributed by atoms with van der Waals surface area (Å²) in [6.45, 7) is 0. The molecule has 2 bridgehead atoms. The first-order chi connectivity index (χ1) is 7.74. The van der Waals surface area contributed by atoms with Crippen molar-refractivity contribution in [2.75, 3.05) is 0 Å². The fourth-order valence-electron chi connectivity index (χ4n) is 3.60. The normalized spacial score (nSPS) is 34.9. The fraction of sp³-hybridized carbons (Fsp3) is 0.583. The van der Waals surface area contributed by atoms with Crippen molar-refractivity contribution in [3.05, 3.63) is 21.2 Å². The molecule has 0 heterocycles. The predicted octanol–water partition coefficient (Wildman–Crippen LogP) is 4.03. The first kappa shape index (κ1) is 10.7. The monoisotopic (exact) mass is 257 g/mol. The molecule has 1 fully saturated rings. The van der Waals surface area contributed by atoms with Gasteiger partial charge in [0.05, 0.1) is 5.71 Å². The van der Waals surface area contributed by atoms with Gasteiger partial charge in [-0.25, -0.2) is 0 Å². The maximum atomic E-state index is 9.06. The first-order valence-corrected chi connectivity index (χ1v) is 6.49. The Morgan fingerprint density at radius 2 is 1.94 bits per heavy atom. The molecule has 0 aliphatic heterocycles. The van der Waals surface area contributed by atoms with Crippen LogP contribution in [-0.4, -0.2) is 10.9 Å². The molecule has 2 nitrogen and oxygen atoms in total. The lowest BCUT2D eigenvalue weighted by Gasteiger charge is -2.24. The lowest BCUT2D eigenvalue weighted by atomic mass is 9.81. The van der Waals surface area contributed by atoms with E-state index in [4.69, 9.17) is 28.4 Å². The maximum Gasteiger partial charge on any atom is 0.107 e. The van der Waals surface area contributed by atoms with E-state index in [9.17, 15) is 0 Å². The Labute approximate surface area is 105 Å². The van der Waals surface area contributed by atoms with E-state index >= 15 is 0 Å². The molecule has 3 aliphatic rings. The zero-order chi connectivity index (χ0) is 11.3. The first-order valence-electron chi connectivity index (χ1n) is 5.73. The third-order valence-corrected chi connectivity index (χ3v) is 4.56. The average Bonchev–Trinajstić information content (AvgIpc) is 2.84. The molecule has 0 radical (unpaired) electrons. The smallest absolute Gasteiger partial charge is 0.107 e. The van der Waals surface area contributed by atoms with Crippen molar-refractivity contribution < 1.29 is 5.21 Å². The van der Waals surface area contributed by atoms with E-state index in [1.807, 2.05) is 0 Å². The number of hydrogen-bond donors (Lipinski definition) is 1. The molecule has 0 aromatic heterocycles. The van der Waals surface area contributed by atoms with Crippen molar-refractivity contribution >= 4 is 28.9 Å². The van der Waals surface area contributed by atoms with Crippen molar-refractivity contribution in [2.45, 2.75) is 32.1 Å². The minimum absolute atomic E-state index is 0.330. The van der Waals surface area contributed by atoms with Gasteiger partial charge in [0.2, 0.25) is 0 Å². The van der Waals surface area contributed by atoms with Crippen LogP contribution in [0.2, 0.25) is 0 Å². The third kappa shape index (κ3) is 1.29. The second-order valence-corrected chi connectivity index (χ2v) is 5.69. The number of hydrogen-bond acceptors (Lipinski definition) is 2. The van der Waals surface area contributed by atoms with Gasteiger partial charge in [-0.05, 0) is 43.3 Å². The molecule has 0 amide bonds. The molecule has 2 atom stereocenters. The highest BCUT2D eigenvalue weighted by atomic mass is 35.5. The summed E-state index contributed by atoms with van der Waals surface area (Å²) in [5.74, 6) is 0.762. The fourth-order valence-corrected chi connectivity index (χ4v) is 4.13. The topological polar surface area (TPSA) is 32.6 Å². The lowest BCUT2D eigenvalue weighted by Crippen LogP contribution is -2.17. The molecule has 0 aromatic rings. The molecule has 1 saturated carbocycles. The lowest BCUT2D eigenvalue weighted by molar-refractivity contribution is 0.316. The molecule has 3 aliphatic carbocycles. The minimum Gasteiger partial charge on any atom is -0.411 e. The van der Waals surface area contributed by atoms with Crippen LogP contribution >= 0.6 is 23.2 Å². The number of allylic oxidation sites excluding steroid dienone is 3. The van der Waals surface area contributed by atoms with Gasteiger partial charge in [0.15, 0.2) is 0 Å². The van der Waals surface area contributed by atoms with Gasteiger partial charge in [-0.3, -0.25) is 0 Å². The van der Waals surface area contributed by atoms with Crippen molar-refractivity contribution in [2.24, 2.45) is 17.0 Å². The Balaban J connectivity index is 2.12. The number of fused-ring (bicyclic) bond motifs is 4. The van der Waals surface area contributed by atoms with Crippen LogP contribution in [0.25, 0.3) is 0 Å². The summed E-state index contributed by atoms with van der Waals surface area (Å²) in [5, 5.41) is 12.5. The van der Waals surface area contributed by atoms with Crippen molar-refractivity contribution in [3.63, 3.8) is 0 Å². The van der Waals surface area contributed by atoms with Gasteiger partial charge in [-0.2, -0.15) is 0 Å². The molecule has 0 unspecified atom stereocenters. The molecular weight excluding hydrogens is 245 g/mol. The number of nitrogens with zero attached hydrogens (tertiary/aromatic N) is 1. The molecule has 16 heavy (non-hydrogen) atoms. The molecule has 0 saturated heterocycles. The van der Waals surface area contributed by atoms with Crippen LogP contribution in [0.1, 0.15) is 32.1 Å².